The van der Waals surface area contributed by atoms with E-state index in [1.165, 1.54) is 0 Å². The maximum absolute atomic E-state index is 7.50. The van der Waals surface area contributed by atoms with Crippen LogP contribution in [0.15, 0.2) is 0 Å². The van der Waals surface area contributed by atoms with Gasteiger partial charge in [0, 0.05) is 15.2 Å². The van der Waals surface area contributed by atoms with Crippen LogP contribution in [-0.2, 0) is 26.4 Å². The van der Waals surface area contributed by atoms with Gasteiger partial charge in [-0.1, -0.05) is 32.7 Å². The molecule has 1 aliphatic rings. The van der Waals surface area contributed by atoms with Crippen molar-refractivity contribution in [2.75, 3.05) is 0 Å². The average molecular weight is 322 g/mol. The van der Waals surface area contributed by atoms with Crippen LogP contribution in [0.5, 0.6) is 0 Å². The maximum atomic E-state index is 7.50. The summed E-state index contributed by atoms with van der Waals surface area (Å²) in [5.74, 6) is 0. The number of rotatable bonds is 2. The molecule has 1 fully saturated rings. The molecule has 101 valence electrons. The Bertz CT molecular complexity index is 220. The monoisotopic (exact) mass is 322 g/mol. The van der Waals surface area contributed by atoms with Crippen molar-refractivity contribution in [2.45, 2.75) is 32.7 Å². The minimum atomic E-state index is -1.09. The molecule has 0 spiro atoms. The first-order valence-electron chi connectivity index (χ1n) is 4.99. The van der Waals surface area contributed by atoms with E-state index < -0.39 is 15.2 Å². The van der Waals surface area contributed by atoms with Crippen LogP contribution in [0.3, 0.4) is 0 Å². The Hall–Kier alpha value is 0.433. The molecule has 2 nitrogen and oxygen atoms in total. The molecular formula is C13H22FeO2Si2+. The average Bonchev–Trinajstić information content (AvgIpc) is 2.75. The Morgan fingerprint density at radius 3 is 1.33 bits per heavy atom. The zero-order valence-corrected chi connectivity index (χ0v) is 15.1. The van der Waals surface area contributed by atoms with Gasteiger partial charge in [0.25, 0.3) is 0 Å². The molecule has 0 unspecified atom stereocenters. The summed E-state index contributed by atoms with van der Waals surface area (Å²) in [5.41, 5.74) is 1.64. The molecule has 18 heavy (non-hydrogen) atoms. The van der Waals surface area contributed by atoms with E-state index in [2.05, 4.69) is 71.7 Å². The first-order chi connectivity index (χ1) is 7.36. The molecule has 5 heteroatoms. The Morgan fingerprint density at radius 1 is 0.833 bits per heavy atom. The fraction of sp³-hybridized carbons (Fsp3) is 0.385. The summed E-state index contributed by atoms with van der Waals surface area (Å²) in [6.07, 6.45) is 8.96. The molecule has 1 aliphatic carbocycles. The first kappa shape index (κ1) is 26.9. The summed E-state index contributed by atoms with van der Waals surface area (Å²) in [6, 6.07) is 0. The van der Waals surface area contributed by atoms with Crippen LogP contribution in [0.25, 0.3) is 0 Å². The predicted molar refractivity (Wildman–Crippen MR) is 75.5 cm³/mol. The van der Waals surface area contributed by atoms with Crippen LogP contribution in [0, 0.1) is 52.0 Å². The van der Waals surface area contributed by atoms with Gasteiger partial charge in [-0.25, -0.2) is 0 Å². The topological polar surface area (TPSA) is 39.8 Å². The van der Waals surface area contributed by atoms with Crippen molar-refractivity contribution in [1.29, 1.82) is 0 Å². The van der Waals surface area contributed by atoms with Crippen molar-refractivity contribution in [3.63, 3.8) is 0 Å². The zero-order chi connectivity index (χ0) is 13.4. The molecule has 1 rings (SSSR count). The van der Waals surface area contributed by atoms with E-state index in [0.29, 0.717) is 0 Å². The molecule has 0 aromatic heterocycles. The summed E-state index contributed by atoms with van der Waals surface area (Å²) in [7, 11) is -2.04. The fourth-order valence-corrected chi connectivity index (χ4v) is 6.21. The second kappa shape index (κ2) is 12.5. The van der Waals surface area contributed by atoms with Gasteiger partial charge in [-0.05, 0) is 31.2 Å². The smallest absolute Gasteiger partial charge is 0.358 e. The van der Waals surface area contributed by atoms with E-state index >= 15 is 0 Å². The SMILES string of the molecule is C[Si](C)(C)[Si](C)(C)[C]1[CH][CH][CH][CH]1.[C-]#[O+].[C-]#[O+].[CH3-].[Fe+2]. The van der Waals surface area contributed by atoms with Crippen molar-refractivity contribution < 1.29 is 26.4 Å². The summed E-state index contributed by atoms with van der Waals surface area (Å²) in [4.78, 5) is 0. The van der Waals surface area contributed by atoms with Gasteiger partial charge >= 0.3 is 39.7 Å². The van der Waals surface area contributed by atoms with Crippen LogP contribution in [0.4, 0.5) is 0 Å². The molecule has 0 atom stereocenters. The Morgan fingerprint density at radius 2 is 1.11 bits per heavy atom. The van der Waals surface area contributed by atoms with Gasteiger partial charge in [0.05, 0.1) is 0 Å². The zero-order valence-electron chi connectivity index (χ0n) is 12.0. The first-order valence-corrected chi connectivity index (χ1v) is 12.5. The van der Waals surface area contributed by atoms with Crippen LogP contribution in [-0.4, -0.2) is 15.2 Å². The summed E-state index contributed by atoms with van der Waals surface area (Å²) < 4.78 is 15.0. The fourth-order valence-electron chi connectivity index (χ4n) is 1.22. The third-order valence-corrected chi connectivity index (χ3v) is 20.9. The van der Waals surface area contributed by atoms with Gasteiger partial charge in [-0.3, -0.25) is 0 Å². The van der Waals surface area contributed by atoms with Gasteiger partial charge < -0.3 is 7.43 Å². The van der Waals surface area contributed by atoms with Crippen LogP contribution in [0.2, 0.25) is 32.7 Å². The molecule has 0 bridgehead atoms. The van der Waals surface area contributed by atoms with E-state index in [1.54, 1.807) is 5.54 Å². The van der Waals surface area contributed by atoms with Crippen molar-refractivity contribution >= 4 is 15.2 Å². The molecule has 0 aliphatic heterocycles. The Balaban J connectivity index is -0.000000149. The predicted octanol–water partition coefficient (Wildman–Crippen LogP) is 3.43. The minimum absolute atomic E-state index is 0. The van der Waals surface area contributed by atoms with Crippen molar-refractivity contribution in [3.05, 3.63) is 52.0 Å². The summed E-state index contributed by atoms with van der Waals surface area (Å²) in [5, 5.41) is 0. The molecule has 5 radical (unpaired) electrons. The third-order valence-electron chi connectivity index (χ3n) is 3.26. The minimum Gasteiger partial charge on any atom is -0.358 e. The molecule has 0 N–H and O–H groups in total. The largest absolute Gasteiger partial charge is 2.00 e. The van der Waals surface area contributed by atoms with Gasteiger partial charge in [-0.2, -0.15) is 0 Å². The normalized spacial score (nSPS) is 14.7. The molecule has 0 aromatic rings. The van der Waals surface area contributed by atoms with Crippen molar-refractivity contribution in [2.24, 2.45) is 0 Å². The van der Waals surface area contributed by atoms with E-state index in [0.717, 1.165) is 0 Å². The quantitative estimate of drug-likeness (QED) is 0.425. The van der Waals surface area contributed by atoms with E-state index in [1.807, 2.05) is 0 Å². The van der Waals surface area contributed by atoms with E-state index in [-0.39, 0.29) is 24.5 Å². The van der Waals surface area contributed by atoms with Gasteiger partial charge in [0.2, 0.25) is 0 Å². The molecule has 0 aromatic carbocycles. The van der Waals surface area contributed by atoms with E-state index in [4.69, 9.17) is 9.30 Å². The Kier molecular flexibility index (Phi) is 18.6. The van der Waals surface area contributed by atoms with Crippen molar-refractivity contribution in [1.82, 2.24) is 0 Å². The number of hydrogen-bond acceptors (Lipinski definition) is 0. The second-order valence-electron chi connectivity index (χ2n) is 5.05. The molecule has 1 saturated carbocycles. The summed E-state index contributed by atoms with van der Waals surface area (Å²) >= 11 is 0. The summed E-state index contributed by atoms with van der Waals surface area (Å²) in [6.45, 7) is 21.5. The standard InChI is InChI=1S/C10H19Si2.2CO.CH3.Fe/c1-11(2,3)12(4,5)10-8-6-7-9-10;2*1-2;;/h6-9H,1-5H3;;;1H3;/q;;;-1;+2. The van der Waals surface area contributed by atoms with E-state index in [9.17, 15) is 0 Å². The maximum Gasteiger partial charge on any atom is 2.00 e. The van der Waals surface area contributed by atoms with Gasteiger partial charge in [0.15, 0.2) is 0 Å². The third kappa shape index (κ3) is 7.78. The van der Waals surface area contributed by atoms with Crippen molar-refractivity contribution in [3.8, 4) is 0 Å². The molecular weight excluding hydrogens is 300 g/mol. The van der Waals surface area contributed by atoms with Crippen LogP contribution < -0.4 is 0 Å². The second-order valence-corrected chi connectivity index (χ2v) is 21.6. The van der Waals surface area contributed by atoms with Gasteiger partial charge in [-0.15, -0.1) is 0 Å². The van der Waals surface area contributed by atoms with Gasteiger partial charge in [0.1, 0.15) is 0 Å². The Labute approximate surface area is 126 Å². The molecule has 0 amide bonds. The molecule has 0 heterocycles. The molecule has 0 saturated heterocycles. The number of hydrogen-bond donors (Lipinski definition) is 0. The van der Waals surface area contributed by atoms with Crippen LogP contribution >= 0.6 is 0 Å². The van der Waals surface area contributed by atoms with Crippen LogP contribution in [0.1, 0.15) is 0 Å².